The average molecular weight is 528 g/mol. The van der Waals surface area contributed by atoms with Crippen LogP contribution in [0.5, 0.6) is 17.2 Å². The van der Waals surface area contributed by atoms with Gasteiger partial charge in [0.15, 0.2) is 18.1 Å². The fourth-order valence-corrected chi connectivity index (χ4v) is 3.60. The molecule has 1 N–H and O–H groups in total. The lowest BCUT2D eigenvalue weighted by molar-refractivity contribution is -0.123. The van der Waals surface area contributed by atoms with Crippen molar-refractivity contribution in [3.63, 3.8) is 0 Å². The van der Waals surface area contributed by atoms with Gasteiger partial charge in [-0.1, -0.05) is 29.8 Å². The van der Waals surface area contributed by atoms with Crippen LogP contribution in [0.2, 0.25) is 0 Å². The molecule has 6 nitrogen and oxygen atoms in total. The van der Waals surface area contributed by atoms with Crippen molar-refractivity contribution in [1.82, 2.24) is 5.43 Å². The van der Waals surface area contributed by atoms with Gasteiger partial charge >= 0.3 is 0 Å². The summed E-state index contributed by atoms with van der Waals surface area (Å²) < 4.78 is 18.0. The van der Waals surface area contributed by atoms with Gasteiger partial charge in [0.1, 0.15) is 5.75 Å². The molecule has 1 amide bonds. The molecule has 0 aliphatic carbocycles. The largest absolute Gasteiger partial charge is 0.493 e. The summed E-state index contributed by atoms with van der Waals surface area (Å²) in [5.74, 6) is 1.77. The Labute approximate surface area is 187 Å². The van der Waals surface area contributed by atoms with Crippen molar-refractivity contribution >= 4 is 44.0 Å². The normalized spacial score (nSPS) is 11.0. The zero-order valence-corrected chi connectivity index (χ0v) is 20.2. The van der Waals surface area contributed by atoms with Crippen LogP contribution in [-0.4, -0.2) is 32.9 Å². The molecule has 0 aliphatic heterocycles. The minimum Gasteiger partial charge on any atom is -0.493 e. The molecule has 0 unspecified atom stereocenters. The lowest BCUT2D eigenvalue weighted by Gasteiger charge is -2.15. The third-order valence-electron chi connectivity index (χ3n) is 4.13. The first-order valence-electron chi connectivity index (χ1n) is 8.93. The standard InChI is InChI=1S/C21H24Br2N2O4/c1-12(2)15-9-16(22)13(3)6-18(15)29-11-20(26)25-24-10-14-7-17(23)21(28-5)19(8-14)27-4/h6-10,12H,11H2,1-5H3,(H,25,26)/b24-10+. The third-order valence-corrected chi connectivity index (χ3v) is 5.57. The highest BCUT2D eigenvalue weighted by molar-refractivity contribution is 9.10. The van der Waals surface area contributed by atoms with Gasteiger partial charge in [-0.3, -0.25) is 4.79 Å². The Balaban J connectivity index is 2.01. The second-order valence-electron chi connectivity index (χ2n) is 6.61. The Hall–Kier alpha value is -2.06. The number of rotatable bonds is 8. The predicted molar refractivity (Wildman–Crippen MR) is 121 cm³/mol. The molecule has 29 heavy (non-hydrogen) atoms. The zero-order chi connectivity index (χ0) is 21.6. The van der Waals surface area contributed by atoms with Gasteiger partial charge < -0.3 is 14.2 Å². The number of nitrogens with zero attached hydrogens (tertiary/aromatic N) is 1. The van der Waals surface area contributed by atoms with E-state index in [-0.39, 0.29) is 18.4 Å². The van der Waals surface area contributed by atoms with Gasteiger partial charge in [-0.15, -0.1) is 0 Å². The van der Waals surface area contributed by atoms with Crippen LogP contribution in [0.3, 0.4) is 0 Å². The van der Waals surface area contributed by atoms with Crippen LogP contribution >= 0.6 is 31.9 Å². The molecule has 0 bridgehead atoms. The number of amides is 1. The van der Waals surface area contributed by atoms with Crippen LogP contribution in [0.25, 0.3) is 0 Å². The number of methoxy groups -OCH3 is 2. The first-order chi connectivity index (χ1) is 13.8. The van der Waals surface area contributed by atoms with E-state index >= 15 is 0 Å². The van der Waals surface area contributed by atoms with E-state index in [4.69, 9.17) is 14.2 Å². The fourth-order valence-electron chi connectivity index (χ4n) is 2.61. The number of hydrogen-bond donors (Lipinski definition) is 1. The molecule has 8 heteroatoms. The van der Waals surface area contributed by atoms with E-state index in [1.807, 2.05) is 25.1 Å². The highest BCUT2D eigenvalue weighted by atomic mass is 79.9. The van der Waals surface area contributed by atoms with Gasteiger partial charge in [0.05, 0.1) is 24.9 Å². The molecule has 0 aromatic heterocycles. The molecule has 2 rings (SSSR count). The molecular formula is C21H24Br2N2O4. The zero-order valence-electron chi connectivity index (χ0n) is 17.0. The number of carbonyl (C=O) groups is 1. The molecule has 2 aromatic carbocycles. The van der Waals surface area contributed by atoms with E-state index < -0.39 is 0 Å². The van der Waals surface area contributed by atoms with Gasteiger partial charge in [0, 0.05) is 4.47 Å². The third kappa shape index (κ3) is 6.21. The fraction of sp³-hybridized carbons (Fsp3) is 0.333. The highest BCUT2D eigenvalue weighted by Crippen LogP contribution is 2.36. The number of benzene rings is 2. The van der Waals surface area contributed by atoms with Crippen molar-refractivity contribution in [3.8, 4) is 17.2 Å². The summed E-state index contributed by atoms with van der Waals surface area (Å²) in [6.07, 6.45) is 1.52. The monoisotopic (exact) mass is 526 g/mol. The first-order valence-corrected chi connectivity index (χ1v) is 10.5. The maximum atomic E-state index is 12.1. The Kier molecular flexibility index (Phi) is 8.52. The van der Waals surface area contributed by atoms with Crippen LogP contribution < -0.4 is 19.6 Å². The minimum atomic E-state index is -0.351. The number of carbonyl (C=O) groups excluding carboxylic acids is 1. The lowest BCUT2D eigenvalue weighted by Crippen LogP contribution is -2.25. The van der Waals surface area contributed by atoms with Crippen molar-refractivity contribution < 1.29 is 19.0 Å². The molecule has 0 saturated carbocycles. The molecular weight excluding hydrogens is 504 g/mol. The quantitative estimate of drug-likeness (QED) is 0.379. The topological polar surface area (TPSA) is 69.2 Å². The number of halogens is 2. The van der Waals surface area contributed by atoms with Crippen molar-refractivity contribution in [3.05, 3.63) is 49.9 Å². The van der Waals surface area contributed by atoms with E-state index in [0.29, 0.717) is 17.2 Å². The Morgan fingerprint density at radius 2 is 1.83 bits per heavy atom. The number of aryl methyl sites for hydroxylation is 1. The summed E-state index contributed by atoms with van der Waals surface area (Å²) in [7, 11) is 3.12. The van der Waals surface area contributed by atoms with Gasteiger partial charge in [0.2, 0.25) is 0 Å². The molecule has 0 saturated heterocycles. The van der Waals surface area contributed by atoms with E-state index in [2.05, 4.69) is 56.2 Å². The summed E-state index contributed by atoms with van der Waals surface area (Å²) in [6, 6.07) is 7.53. The highest BCUT2D eigenvalue weighted by Gasteiger charge is 2.13. The van der Waals surface area contributed by atoms with Crippen molar-refractivity contribution in [1.29, 1.82) is 0 Å². The second kappa shape index (κ2) is 10.6. The van der Waals surface area contributed by atoms with E-state index in [1.165, 1.54) is 6.21 Å². The van der Waals surface area contributed by atoms with Gasteiger partial charge in [-0.05, 0) is 69.7 Å². The summed E-state index contributed by atoms with van der Waals surface area (Å²) >= 11 is 6.96. The molecule has 156 valence electrons. The smallest absolute Gasteiger partial charge is 0.277 e. The summed E-state index contributed by atoms with van der Waals surface area (Å²) in [5.41, 5.74) is 5.29. The van der Waals surface area contributed by atoms with E-state index in [9.17, 15) is 4.79 Å². The Bertz CT molecular complexity index is 914. The second-order valence-corrected chi connectivity index (χ2v) is 8.32. The molecule has 0 spiro atoms. The van der Waals surface area contributed by atoms with Gasteiger partial charge in [-0.25, -0.2) is 5.43 Å². The SMILES string of the molecule is COc1cc(/C=N/NC(=O)COc2cc(C)c(Br)cc2C(C)C)cc(Br)c1OC. The lowest BCUT2D eigenvalue weighted by atomic mass is 10.0. The van der Waals surface area contributed by atoms with Crippen LogP contribution in [0.1, 0.15) is 36.5 Å². The first kappa shape index (κ1) is 23.2. The molecule has 0 atom stereocenters. The van der Waals surface area contributed by atoms with Crippen LogP contribution in [0, 0.1) is 6.92 Å². The maximum Gasteiger partial charge on any atom is 0.277 e. The number of hydrazone groups is 1. The molecule has 0 radical (unpaired) electrons. The molecule has 0 fully saturated rings. The van der Waals surface area contributed by atoms with E-state index in [1.54, 1.807) is 20.3 Å². The predicted octanol–water partition coefficient (Wildman–Crippen LogP) is 5.19. The van der Waals surface area contributed by atoms with E-state index in [0.717, 1.165) is 25.6 Å². The van der Waals surface area contributed by atoms with Crippen LogP contribution in [0.15, 0.2) is 38.3 Å². The van der Waals surface area contributed by atoms with Crippen molar-refractivity contribution in [2.75, 3.05) is 20.8 Å². The molecule has 0 aliphatic rings. The Morgan fingerprint density at radius 1 is 1.10 bits per heavy atom. The molecule has 0 heterocycles. The van der Waals surface area contributed by atoms with Crippen LogP contribution in [-0.2, 0) is 4.79 Å². The van der Waals surface area contributed by atoms with Crippen molar-refractivity contribution in [2.45, 2.75) is 26.7 Å². The summed E-state index contributed by atoms with van der Waals surface area (Å²) in [6.45, 7) is 6.01. The van der Waals surface area contributed by atoms with Crippen molar-refractivity contribution in [2.24, 2.45) is 5.10 Å². The number of nitrogens with one attached hydrogen (secondary N) is 1. The Morgan fingerprint density at radius 3 is 2.45 bits per heavy atom. The summed E-state index contributed by atoms with van der Waals surface area (Å²) in [4.78, 5) is 12.1. The number of hydrogen-bond acceptors (Lipinski definition) is 5. The summed E-state index contributed by atoms with van der Waals surface area (Å²) in [5, 5.41) is 3.99. The molecule has 2 aromatic rings. The van der Waals surface area contributed by atoms with Gasteiger partial charge in [0.25, 0.3) is 5.91 Å². The van der Waals surface area contributed by atoms with Crippen LogP contribution in [0.4, 0.5) is 0 Å². The maximum absolute atomic E-state index is 12.1. The average Bonchev–Trinajstić information content (AvgIpc) is 2.67. The number of ether oxygens (including phenoxy) is 3. The minimum absolute atomic E-state index is 0.131. The van der Waals surface area contributed by atoms with Gasteiger partial charge in [-0.2, -0.15) is 5.10 Å².